The first-order chi connectivity index (χ1) is 9.76. The van der Waals surface area contributed by atoms with Crippen molar-refractivity contribution in [2.75, 3.05) is 20.1 Å². The summed E-state index contributed by atoms with van der Waals surface area (Å²) in [4.78, 5) is 11.2. The molecule has 7 heteroatoms. The summed E-state index contributed by atoms with van der Waals surface area (Å²) in [6, 6.07) is 5.84. The number of likely N-dealkylation sites (tertiary alicyclic amines) is 1. The van der Waals surface area contributed by atoms with Gasteiger partial charge in [-0.25, -0.2) is 4.98 Å². The van der Waals surface area contributed by atoms with Crippen LogP contribution in [-0.4, -0.2) is 36.0 Å². The fraction of sp³-hybridized carbons (Fsp3) is 0.429. The minimum absolute atomic E-state index is 0. The summed E-state index contributed by atoms with van der Waals surface area (Å²) in [6.45, 7) is 2.89. The van der Waals surface area contributed by atoms with Gasteiger partial charge in [-0.1, -0.05) is 11.6 Å². The van der Waals surface area contributed by atoms with Crippen LogP contribution in [0.2, 0.25) is 5.02 Å². The average molecular weight is 437 g/mol. The van der Waals surface area contributed by atoms with E-state index in [1.54, 1.807) is 11.3 Å². The van der Waals surface area contributed by atoms with Crippen molar-refractivity contribution in [2.24, 2.45) is 4.99 Å². The third-order valence-corrected chi connectivity index (χ3v) is 4.68. The Morgan fingerprint density at radius 3 is 2.90 bits per heavy atom. The van der Waals surface area contributed by atoms with Gasteiger partial charge in [-0.15, -0.1) is 35.3 Å². The van der Waals surface area contributed by atoms with Crippen LogP contribution in [0.1, 0.15) is 17.8 Å². The lowest BCUT2D eigenvalue weighted by Crippen LogP contribution is -2.39. The number of halogens is 2. The lowest BCUT2D eigenvalue weighted by Gasteiger charge is -2.20. The highest BCUT2D eigenvalue weighted by Crippen LogP contribution is 2.24. The second-order valence-electron chi connectivity index (χ2n) is 4.81. The molecule has 2 heterocycles. The summed E-state index contributed by atoms with van der Waals surface area (Å²) in [5.74, 6) is 0.972. The number of rotatable bonds is 2. The SMILES string of the molecule is CN=C(NCc1nc2cc(Cl)ccc2s1)N1CCCC1.I. The van der Waals surface area contributed by atoms with Gasteiger partial charge in [0.15, 0.2) is 5.96 Å². The quantitative estimate of drug-likeness (QED) is 0.443. The van der Waals surface area contributed by atoms with E-state index in [1.165, 1.54) is 17.5 Å². The van der Waals surface area contributed by atoms with Crippen molar-refractivity contribution < 1.29 is 0 Å². The first kappa shape index (κ1) is 16.8. The van der Waals surface area contributed by atoms with Gasteiger partial charge in [0, 0.05) is 25.2 Å². The van der Waals surface area contributed by atoms with Gasteiger partial charge < -0.3 is 10.2 Å². The Kier molecular flexibility index (Phi) is 6.07. The van der Waals surface area contributed by atoms with Crippen molar-refractivity contribution in [3.8, 4) is 0 Å². The Morgan fingerprint density at radius 1 is 1.43 bits per heavy atom. The number of benzene rings is 1. The fourth-order valence-electron chi connectivity index (χ4n) is 2.44. The van der Waals surface area contributed by atoms with Gasteiger partial charge in [0.25, 0.3) is 0 Å². The van der Waals surface area contributed by atoms with Crippen LogP contribution < -0.4 is 5.32 Å². The summed E-state index contributed by atoms with van der Waals surface area (Å²) in [5, 5.41) is 5.18. The van der Waals surface area contributed by atoms with Gasteiger partial charge in [0.05, 0.1) is 16.8 Å². The zero-order valence-corrected chi connectivity index (χ0v) is 15.7. The maximum absolute atomic E-state index is 5.99. The van der Waals surface area contributed by atoms with E-state index >= 15 is 0 Å². The van der Waals surface area contributed by atoms with Gasteiger partial charge in [-0.05, 0) is 31.0 Å². The van der Waals surface area contributed by atoms with Crippen molar-refractivity contribution in [3.63, 3.8) is 0 Å². The number of hydrogen-bond acceptors (Lipinski definition) is 3. The molecule has 1 fully saturated rings. The molecule has 0 unspecified atom stereocenters. The molecule has 21 heavy (non-hydrogen) atoms. The van der Waals surface area contributed by atoms with Gasteiger partial charge in [0.2, 0.25) is 0 Å². The highest BCUT2D eigenvalue weighted by Gasteiger charge is 2.15. The molecule has 114 valence electrons. The number of nitrogens with one attached hydrogen (secondary N) is 1. The fourth-order valence-corrected chi connectivity index (χ4v) is 3.49. The maximum atomic E-state index is 5.99. The predicted molar refractivity (Wildman–Crippen MR) is 101 cm³/mol. The molecule has 1 aromatic heterocycles. The highest BCUT2D eigenvalue weighted by atomic mass is 127. The van der Waals surface area contributed by atoms with Crippen LogP contribution in [0.15, 0.2) is 23.2 Å². The summed E-state index contributed by atoms with van der Waals surface area (Å²) in [5.41, 5.74) is 0.968. The van der Waals surface area contributed by atoms with Gasteiger partial charge in [-0.2, -0.15) is 0 Å². The van der Waals surface area contributed by atoms with Crippen molar-refractivity contribution in [1.82, 2.24) is 15.2 Å². The van der Waals surface area contributed by atoms with Crippen LogP contribution in [0, 0.1) is 0 Å². The molecule has 0 aliphatic carbocycles. The smallest absolute Gasteiger partial charge is 0.193 e. The highest BCUT2D eigenvalue weighted by molar-refractivity contribution is 14.0. The Hall–Kier alpha value is -0.600. The van der Waals surface area contributed by atoms with Crippen LogP contribution in [0.4, 0.5) is 0 Å². The Morgan fingerprint density at radius 2 is 2.19 bits per heavy atom. The minimum Gasteiger partial charge on any atom is -0.350 e. The molecule has 0 radical (unpaired) electrons. The van der Waals surface area contributed by atoms with E-state index in [-0.39, 0.29) is 24.0 Å². The van der Waals surface area contributed by atoms with Gasteiger partial charge >= 0.3 is 0 Å². The molecule has 4 nitrogen and oxygen atoms in total. The molecule has 1 saturated heterocycles. The van der Waals surface area contributed by atoms with Crippen LogP contribution in [-0.2, 0) is 6.54 Å². The zero-order chi connectivity index (χ0) is 13.9. The van der Waals surface area contributed by atoms with Gasteiger partial charge in [-0.3, -0.25) is 4.99 Å². The number of fused-ring (bicyclic) bond motifs is 1. The Balaban J connectivity index is 0.00000161. The number of aromatic nitrogens is 1. The monoisotopic (exact) mass is 436 g/mol. The van der Waals surface area contributed by atoms with E-state index in [9.17, 15) is 0 Å². The molecule has 0 saturated carbocycles. The molecule has 3 rings (SSSR count). The Labute approximate surface area is 150 Å². The summed E-state index contributed by atoms with van der Waals surface area (Å²) in [7, 11) is 1.83. The lowest BCUT2D eigenvalue weighted by atomic mass is 10.3. The Bertz CT molecular complexity index is 637. The predicted octanol–water partition coefficient (Wildman–Crippen LogP) is 3.74. The van der Waals surface area contributed by atoms with Crippen molar-refractivity contribution in [1.29, 1.82) is 0 Å². The first-order valence-corrected chi connectivity index (χ1v) is 7.96. The molecule has 0 atom stereocenters. The first-order valence-electron chi connectivity index (χ1n) is 6.77. The zero-order valence-electron chi connectivity index (χ0n) is 11.8. The molecule has 1 aliphatic rings. The minimum atomic E-state index is 0. The molecular formula is C14H18ClIN4S. The van der Waals surface area contributed by atoms with Crippen molar-refractivity contribution >= 4 is 63.1 Å². The summed E-state index contributed by atoms with van der Waals surface area (Å²) >= 11 is 7.68. The van der Waals surface area contributed by atoms with E-state index < -0.39 is 0 Å². The van der Waals surface area contributed by atoms with Crippen LogP contribution in [0.3, 0.4) is 0 Å². The van der Waals surface area contributed by atoms with Crippen molar-refractivity contribution in [3.05, 3.63) is 28.2 Å². The number of guanidine groups is 1. The number of nitrogens with zero attached hydrogens (tertiary/aromatic N) is 3. The lowest BCUT2D eigenvalue weighted by molar-refractivity contribution is 0.493. The maximum Gasteiger partial charge on any atom is 0.193 e. The van der Waals surface area contributed by atoms with Crippen molar-refractivity contribution in [2.45, 2.75) is 19.4 Å². The summed E-state index contributed by atoms with van der Waals surface area (Å²) in [6.07, 6.45) is 2.50. The molecule has 1 aliphatic heterocycles. The standard InChI is InChI=1S/C14H17ClN4S.HI/c1-16-14(19-6-2-3-7-19)17-9-13-18-11-8-10(15)4-5-12(11)20-13;/h4-5,8H,2-3,6-7,9H2,1H3,(H,16,17);1H. The normalized spacial score (nSPS) is 15.3. The van der Waals surface area contributed by atoms with E-state index in [2.05, 4.69) is 20.2 Å². The average Bonchev–Trinajstić information content (AvgIpc) is 3.08. The van der Waals surface area contributed by atoms with Crippen LogP contribution in [0.25, 0.3) is 10.2 Å². The van der Waals surface area contributed by atoms with Crippen LogP contribution >= 0.6 is 46.9 Å². The van der Waals surface area contributed by atoms with E-state index in [0.717, 1.165) is 34.6 Å². The van der Waals surface area contributed by atoms with E-state index in [1.807, 2.05) is 25.2 Å². The topological polar surface area (TPSA) is 40.5 Å². The third-order valence-electron chi connectivity index (χ3n) is 3.41. The largest absolute Gasteiger partial charge is 0.350 e. The number of hydrogen-bond donors (Lipinski definition) is 1. The molecule has 2 aromatic rings. The van der Waals surface area contributed by atoms with Gasteiger partial charge in [0.1, 0.15) is 5.01 Å². The molecule has 0 amide bonds. The molecule has 1 aromatic carbocycles. The number of thiazole rings is 1. The second kappa shape index (κ2) is 7.60. The third kappa shape index (κ3) is 3.98. The molecule has 0 bridgehead atoms. The molecule has 1 N–H and O–H groups in total. The van der Waals surface area contributed by atoms with E-state index in [4.69, 9.17) is 11.6 Å². The molecule has 0 spiro atoms. The summed E-state index contributed by atoms with van der Waals surface area (Å²) < 4.78 is 1.17. The van der Waals surface area contributed by atoms with E-state index in [0.29, 0.717) is 6.54 Å². The van der Waals surface area contributed by atoms with Crippen LogP contribution in [0.5, 0.6) is 0 Å². The number of aliphatic imine (C=N–C) groups is 1. The second-order valence-corrected chi connectivity index (χ2v) is 6.37. The molecular weight excluding hydrogens is 419 g/mol.